The van der Waals surface area contributed by atoms with Gasteiger partial charge in [-0.1, -0.05) is 6.08 Å². The predicted octanol–water partition coefficient (Wildman–Crippen LogP) is 2.68. The Bertz CT molecular complexity index is 250. The minimum Gasteiger partial charge on any atom is -0.356 e. The SMILES string of the molecule is COC1CC(C=C2SCCCS2)C(OC)O1. The summed E-state index contributed by atoms with van der Waals surface area (Å²) in [4.78, 5) is 0. The number of methoxy groups -OCH3 is 2. The van der Waals surface area contributed by atoms with Crippen LogP contribution in [0, 0.1) is 5.92 Å². The molecule has 5 heteroatoms. The Labute approximate surface area is 105 Å². The van der Waals surface area contributed by atoms with Gasteiger partial charge >= 0.3 is 0 Å². The number of thioether (sulfide) groups is 2. The van der Waals surface area contributed by atoms with Crippen molar-refractivity contribution in [1.29, 1.82) is 0 Å². The fourth-order valence-electron chi connectivity index (χ4n) is 1.89. The molecule has 0 aromatic heterocycles. The van der Waals surface area contributed by atoms with Crippen molar-refractivity contribution in [3.63, 3.8) is 0 Å². The van der Waals surface area contributed by atoms with E-state index >= 15 is 0 Å². The van der Waals surface area contributed by atoms with Gasteiger partial charge in [0.2, 0.25) is 0 Å². The lowest BCUT2D eigenvalue weighted by Crippen LogP contribution is -2.17. The van der Waals surface area contributed by atoms with Gasteiger partial charge in [0.05, 0.1) is 0 Å². The molecule has 92 valence electrons. The van der Waals surface area contributed by atoms with Gasteiger partial charge in [-0.15, -0.1) is 23.5 Å². The summed E-state index contributed by atoms with van der Waals surface area (Å²) < 4.78 is 17.6. The summed E-state index contributed by atoms with van der Waals surface area (Å²) in [7, 11) is 3.37. The van der Waals surface area contributed by atoms with E-state index in [1.165, 1.54) is 22.2 Å². The van der Waals surface area contributed by atoms with Crippen molar-refractivity contribution in [3.8, 4) is 0 Å². The highest BCUT2D eigenvalue weighted by Crippen LogP contribution is 2.38. The summed E-state index contributed by atoms with van der Waals surface area (Å²) in [6.45, 7) is 0. The van der Waals surface area contributed by atoms with Crippen LogP contribution in [-0.2, 0) is 14.2 Å². The normalized spacial score (nSPS) is 35.4. The van der Waals surface area contributed by atoms with E-state index in [1.807, 2.05) is 23.5 Å². The number of rotatable bonds is 3. The van der Waals surface area contributed by atoms with Gasteiger partial charge < -0.3 is 14.2 Å². The monoisotopic (exact) mass is 262 g/mol. The van der Waals surface area contributed by atoms with Gasteiger partial charge in [0.1, 0.15) is 0 Å². The second kappa shape index (κ2) is 6.31. The van der Waals surface area contributed by atoms with E-state index in [9.17, 15) is 0 Å². The van der Waals surface area contributed by atoms with Crippen LogP contribution in [0.5, 0.6) is 0 Å². The van der Waals surface area contributed by atoms with E-state index in [0.717, 1.165) is 6.42 Å². The lowest BCUT2D eigenvalue weighted by molar-refractivity contribution is -0.190. The van der Waals surface area contributed by atoms with Crippen LogP contribution < -0.4 is 0 Å². The molecule has 0 N–H and O–H groups in total. The molecule has 2 fully saturated rings. The van der Waals surface area contributed by atoms with Crippen LogP contribution >= 0.6 is 23.5 Å². The molecule has 0 radical (unpaired) electrons. The average molecular weight is 262 g/mol. The number of hydrogen-bond acceptors (Lipinski definition) is 5. The van der Waals surface area contributed by atoms with E-state index in [2.05, 4.69) is 6.08 Å². The summed E-state index contributed by atoms with van der Waals surface area (Å²) in [5, 5.41) is 0. The molecule has 0 saturated carbocycles. The van der Waals surface area contributed by atoms with Crippen LogP contribution in [0.3, 0.4) is 0 Å². The van der Waals surface area contributed by atoms with Crippen LogP contribution in [0.25, 0.3) is 0 Å². The highest BCUT2D eigenvalue weighted by molar-refractivity contribution is 8.22. The molecule has 3 nitrogen and oxygen atoms in total. The second-order valence-corrected chi connectivity index (χ2v) is 6.37. The maximum absolute atomic E-state index is 5.61. The van der Waals surface area contributed by atoms with Gasteiger partial charge in [0.15, 0.2) is 12.6 Å². The molecule has 0 spiro atoms. The summed E-state index contributed by atoms with van der Waals surface area (Å²) in [5.74, 6) is 2.79. The van der Waals surface area contributed by atoms with Crippen molar-refractivity contribution in [2.24, 2.45) is 5.92 Å². The molecule has 3 unspecified atom stereocenters. The fourth-order valence-corrected chi connectivity index (χ4v) is 4.42. The van der Waals surface area contributed by atoms with Crippen molar-refractivity contribution < 1.29 is 14.2 Å². The lowest BCUT2D eigenvalue weighted by atomic mass is 10.1. The van der Waals surface area contributed by atoms with Crippen LogP contribution in [-0.4, -0.2) is 38.3 Å². The molecule has 2 rings (SSSR count). The molecule has 0 aromatic carbocycles. The van der Waals surface area contributed by atoms with Crippen molar-refractivity contribution in [2.75, 3.05) is 25.7 Å². The lowest BCUT2D eigenvalue weighted by Gasteiger charge is -2.17. The Morgan fingerprint density at radius 3 is 2.62 bits per heavy atom. The van der Waals surface area contributed by atoms with Gasteiger partial charge in [0.25, 0.3) is 0 Å². The van der Waals surface area contributed by atoms with Gasteiger partial charge in [0, 0.05) is 30.8 Å². The first-order valence-electron chi connectivity index (χ1n) is 5.52. The van der Waals surface area contributed by atoms with Crippen LogP contribution in [0.1, 0.15) is 12.8 Å². The topological polar surface area (TPSA) is 27.7 Å². The third-order valence-corrected chi connectivity index (χ3v) is 5.26. The Balaban J connectivity index is 1.96. The Kier molecular flexibility index (Phi) is 5.03. The highest BCUT2D eigenvalue weighted by atomic mass is 32.2. The summed E-state index contributed by atoms with van der Waals surface area (Å²) in [5.41, 5.74) is 0. The van der Waals surface area contributed by atoms with E-state index in [1.54, 1.807) is 14.2 Å². The Hall–Kier alpha value is 0.320. The van der Waals surface area contributed by atoms with E-state index in [-0.39, 0.29) is 12.6 Å². The van der Waals surface area contributed by atoms with Crippen molar-refractivity contribution in [2.45, 2.75) is 25.4 Å². The molecular weight excluding hydrogens is 244 g/mol. The van der Waals surface area contributed by atoms with Crippen LogP contribution in [0.15, 0.2) is 10.3 Å². The van der Waals surface area contributed by atoms with Gasteiger partial charge in [-0.05, 0) is 17.9 Å². The average Bonchev–Trinajstić information content (AvgIpc) is 2.73. The maximum atomic E-state index is 5.61. The first-order chi connectivity index (χ1) is 7.83. The molecule has 2 aliphatic rings. The summed E-state index contributed by atoms with van der Waals surface area (Å²) >= 11 is 3.89. The molecule has 0 amide bonds. The third kappa shape index (κ3) is 3.17. The zero-order valence-corrected chi connectivity index (χ0v) is 11.3. The van der Waals surface area contributed by atoms with E-state index in [4.69, 9.17) is 14.2 Å². The third-order valence-electron chi connectivity index (χ3n) is 2.72. The second-order valence-electron chi connectivity index (χ2n) is 3.84. The largest absolute Gasteiger partial charge is 0.356 e. The smallest absolute Gasteiger partial charge is 0.166 e. The minimum atomic E-state index is -0.152. The Morgan fingerprint density at radius 1 is 1.25 bits per heavy atom. The molecule has 2 saturated heterocycles. The maximum Gasteiger partial charge on any atom is 0.166 e. The molecular formula is C11H18O3S2. The predicted molar refractivity (Wildman–Crippen MR) is 68.4 cm³/mol. The quantitative estimate of drug-likeness (QED) is 0.779. The van der Waals surface area contributed by atoms with Crippen molar-refractivity contribution in [1.82, 2.24) is 0 Å². The molecule has 0 bridgehead atoms. The Morgan fingerprint density at radius 2 is 2.00 bits per heavy atom. The first kappa shape index (κ1) is 12.8. The molecule has 16 heavy (non-hydrogen) atoms. The number of ether oxygens (including phenoxy) is 3. The van der Waals surface area contributed by atoms with Crippen molar-refractivity contribution >= 4 is 23.5 Å². The van der Waals surface area contributed by atoms with E-state index < -0.39 is 0 Å². The molecule has 2 heterocycles. The number of hydrogen-bond donors (Lipinski definition) is 0. The van der Waals surface area contributed by atoms with Gasteiger partial charge in [-0.3, -0.25) is 0 Å². The first-order valence-corrected chi connectivity index (χ1v) is 7.49. The van der Waals surface area contributed by atoms with Gasteiger partial charge in [-0.2, -0.15) is 0 Å². The van der Waals surface area contributed by atoms with Crippen molar-refractivity contribution in [3.05, 3.63) is 10.3 Å². The van der Waals surface area contributed by atoms with Gasteiger partial charge in [-0.25, -0.2) is 0 Å². The molecule has 0 aliphatic carbocycles. The van der Waals surface area contributed by atoms with Crippen LogP contribution in [0.4, 0.5) is 0 Å². The zero-order chi connectivity index (χ0) is 11.4. The molecule has 3 atom stereocenters. The van der Waals surface area contributed by atoms with E-state index in [0.29, 0.717) is 5.92 Å². The highest BCUT2D eigenvalue weighted by Gasteiger charge is 2.34. The molecule has 0 aromatic rings. The summed E-state index contributed by atoms with van der Waals surface area (Å²) in [6.07, 6.45) is 4.22. The molecule has 2 aliphatic heterocycles. The van der Waals surface area contributed by atoms with Crippen LogP contribution in [0.2, 0.25) is 0 Å². The zero-order valence-electron chi connectivity index (χ0n) is 9.68. The fraction of sp³-hybridized carbons (Fsp3) is 0.818. The summed E-state index contributed by atoms with van der Waals surface area (Å²) in [6, 6.07) is 0. The minimum absolute atomic E-state index is 0.120. The standard InChI is InChI=1S/C11H18O3S2/c1-12-9-6-8(11(13-2)14-9)7-10-15-4-3-5-16-10/h7-9,11H,3-6H2,1-2H3.